The number of thiazole rings is 1. The lowest BCUT2D eigenvalue weighted by Gasteiger charge is -2.20. The maximum absolute atomic E-state index is 13.8. The quantitative estimate of drug-likeness (QED) is 0.214. The highest BCUT2D eigenvalue weighted by molar-refractivity contribution is 7.89. The van der Waals surface area contributed by atoms with Crippen LogP contribution in [-0.4, -0.2) is 44.9 Å². The van der Waals surface area contributed by atoms with E-state index in [0.29, 0.717) is 33.5 Å². The van der Waals surface area contributed by atoms with E-state index in [1.54, 1.807) is 38.5 Å². The molecule has 0 saturated carbocycles. The second kappa shape index (κ2) is 11.5. The number of ether oxygens (including phenoxy) is 2. The molecule has 3 aromatic carbocycles. The van der Waals surface area contributed by atoms with Gasteiger partial charge < -0.3 is 13.9 Å². The van der Waals surface area contributed by atoms with Crippen molar-refractivity contribution in [3.05, 3.63) is 102 Å². The van der Waals surface area contributed by atoms with Gasteiger partial charge in [-0.25, -0.2) is 13.4 Å². The average molecular weight is 578 g/mol. The Kier molecular flexibility index (Phi) is 7.88. The number of anilines is 1. The zero-order chi connectivity index (χ0) is 28.3. The van der Waals surface area contributed by atoms with E-state index in [1.165, 1.54) is 58.1 Å². The number of hydrogen-bond donors (Lipinski definition) is 0. The fourth-order valence-electron chi connectivity index (χ4n) is 4.21. The molecule has 0 bridgehead atoms. The molecule has 40 heavy (non-hydrogen) atoms. The van der Waals surface area contributed by atoms with Crippen molar-refractivity contribution in [3.8, 4) is 11.5 Å². The van der Waals surface area contributed by atoms with E-state index >= 15 is 0 Å². The summed E-state index contributed by atoms with van der Waals surface area (Å²) in [6.45, 7) is 0.349. The van der Waals surface area contributed by atoms with Crippen molar-refractivity contribution in [2.45, 2.75) is 18.0 Å². The lowest BCUT2D eigenvalue weighted by molar-refractivity contribution is 0.0983. The Labute approximate surface area is 236 Å². The van der Waals surface area contributed by atoms with Crippen molar-refractivity contribution < 1.29 is 27.1 Å². The molecule has 5 aromatic rings. The number of hydrogen-bond acceptors (Lipinski definition) is 8. The summed E-state index contributed by atoms with van der Waals surface area (Å²) in [7, 11) is 0.883. The smallest absolute Gasteiger partial charge is 0.260 e. The monoisotopic (exact) mass is 577 g/mol. The van der Waals surface area contributed by atoms with Gasteiger partial charge in [-0.2, -0.15) is 4.31 Å². The first-order chi connectivity index (χ1) is 19.3. The zero-order valence-corrected chi connectivity index (χ0v) is 23.7. The molecule has 0 aliphatic heterocycles. The summed E-state index contributed by atoms with van der Waals surface area (Å²) in [5.74, 6) is 1.36. The summed E-state index contributed by atoms with van der Waals surface area (Å²) in [5, 5.41) is 0.415. The van der Waals surface area contributed by atoms with Crippen molar-refractivity contribution in [2.24, 2.45) is 0 Å². The van der Waals surface area contributed by atoms with Gasteiger partial charge in [-0.1, -0.05) is 41.7 Å². The minimum Gasteiger partial charge on any atom is -0.495 e. The molecule has 11 heteroatoms. The second-order valence-corrected chi connectivity index (χ2v) is 11.9. The molecule has 0 unspecified atom stereocenters. The van der Waals surface area contributed by atoms with E-state index < -0.39 is 10.0 Å². The molecule has 1 amide bonds. The van der Waals surface area contributed by atoms with Crippen molar-refractivity contribution in [2.75, 3.05) is 26.2 Å². The summed E-state index contributed by atoms with van der Waals surface area (Å²) in [5.41, 5.74) is 1.74. The van der Waals surface area contributed by atoms with E-state index in [4.69, 9.17) is 18.9 Å². The van der Waals surface area contributed by atoms with Crippen molar-refractivity contribution in [1.29, 1.82) is 0 Å². The number of carbonyl (C=O) groups is 1. The van der Waals surface area contributed by atoms with E-state index in [0.717, 1.165) is 10.3 Å². The molecule has 0 atom stereocenters. The van der Waals surface area contributed by atoms with Crippen LogP contribution in [0.4, 0.5) is 5.13 Å². The maximum atomic E-state index is 13.8. The van der Waals surface area contributed by atoms with E-state index in [1.807, 2.05) is 30.3 Å². The number of nitrogens with zero attached hydrogens (tertiary/aromatic N) is 3. The fourth-order valence-corrected chi connectivity index (χ4v) is 6.44. The van der Waals surface area contributed by atoms with E-state index in [9.17, 15) is 13.2 Å². The third-order valence-electron chi connectivity index (χ3n) is 6.33. The van der Waals surface area contributed by atoms with Gasteiger partial charge in [-0.05, 0) is 54.1 Å². The molecule has 2 heterocycles. The summed E-state index contributed by atoms with van der Waals surface area (Å²) in [6, 6.07) is 22.3. The average Bonchev–Trinajstić information content (AvgIpc) is 3.66. The minimum atomic E-state index is -3.77. The summed E-state index contributed by atoms with van der Waals surface area (Å²) < 4.78 is 44.9. The van der Waals surface area contributed by atoms with Crippen LogP contribution < -0.4 is 14.4 Å². The maximum Gasteiger partial charge on any atom is 0.260 e. The van der Waals surface area contributed by atoms with Crippen LogP contribution in [0.25, 0.3) is 10.2 Å². The molecule has 2 aromatic heterocycles. The van der Waals surface area contributed by atoms with Crippen LogP contribution in [-0.2, 0) is 23.1 Å². The summed E-state index contributed by atoms with van der Waals surface area (Å²) in [4.78, 5) is 20.1. The Morgan fingerprint density at radius 2 is 1.60 bits per heavy atom. The molecule has 9 nitrogen and oxygen atoms in total. The molecule has 0 aliphatic carbocycles. The molecule has 0 N–H and O–H groups in total. The third-order valence-corrected chi connectivity index (χ3v) is 9.24. The highest BCUT2D eigenvalue weighted by atomic mass is 32.2. The number of amides is 1. The molecule has 0 radical (unpaired) electrons. The lowest BCUT2D eigenvalue weighted by Crippen LogP contribution is -2.30. The Balaban J connectivity index is 1.46. The number of benzene rings is 3. The number of methoxy groups -OCH3 is 2. The number of aromatic nitrogens is 1. The highest BCUT2D eigenvalue weighted by Gasteiger charge is 2.26. The van der Waals surface area contributed by atoms with Crippen LogP contribution in [0.1, 0.15) is 21.7 Å². The van der Waals surface area contributed by atoms with Crippen LogP contribution in [0.2, 0.25) is 0 Å². The number of rotatable bonds is 10. The van der Waals surface area contributed by atoms with Crippen LogP contribution >= 0.6 is 11.3 Å². The van der Waals surface area contributed by atoms with Gasteiger partial charge >= 0.3 is 0 Å². The fraction of sp³-hybridized carbons (Fsp3) is 0.172. The molecular formula is C29H27N3O6S2. The Hall–Kier alpha value is -4.19. The van der Waals surface area contributed by atoms with Gasteiger partial charge in [0.05, 0.1) is 31.9 Å². The van der Waals surface area contributed by atoms with Gasteiger partial charge in [-0.15, -0.1) is 0 Å². The topological polar surface area (TPSA) is 102 Å². The summed E-state index contributed by atoms with van der Waals surface area (Å²) in [6.07, 6.45) is 1.54. The molecule has 0 aliphatic rings. The van der Waals surface area contributed by atoms with Crippen molar-refractivity contribution in [3.63, 3.8) is 0 Å². The Morgan fingerprint density at radius 1 is 0.900 bits per heavy atom. The lowest BCUT2D eigenvalue weighted by atomic mass is 10.2. The summed E-state index contributed by atoms with van der Waals surface area (Å²) >= 11 is 1.29. The van der Waals surface area contributed by atoms with Crippen molar-refractivity contribution >= 4 is 42.6 Å². The minimum absolute atomic E-state index is 0.0922. The van der Waals surface area contributed by atoms with Crippen LogP contribution in [0.15, 0.2) is 94.4 Å². The molecule has 206 valence electrons. The zero-order valence-electron chi connectivity index (χ0n) is 22.1. The van der Waals surface area contributed by atoms with Crippen LogP contribution in [0, 0.1) is 0 Å². The van der Waals surface area contributed by atoms with Gasteiger partial charge in [0.15, 0.2) is 5.13 Å². The van der Waals surface area contributed by atoms with Gasteiger partial charge in [0, 0.05) is 19.2 Å². The number of sulfonamides is 1. The van der Waals surface area contributed by atoms with Crippen molar-refractivity contribution in [1.82, 2.24) is 9.29 Å². The Morgan fingerprint density at radius 3 is 2.25 bits per heavy atom. The highest BCUT2D eigenvalue weighted by Crippen LogP contribution is 2.40. The van der Waals surface area contributed by atoms with E-state index in [2.05, 4.69) is 0 Å². The molecule has 0 spiro atoms. The van der Waals surface area contributed by atoms with Crippen LogP contribution in [0.3, 0.4) is 0 Å². The van der Waals surface area contributed by atoms with Gasteiger partial charge in [0.1, 0.15) is 27.5 Å². The predicted octanol–water partition coefficient (Wildman–Crippen LogP) is 5.57. The first-order valence-corrected chi connectivity index (χ1v) is 14.5. The molecule has 5 rings (SSSR count). The molecule has 0 fully saturated rings. The predicted molar refractivity (Wildman–Crippen MR) is 153 cm³/mol. The van der Waals surface area contributed by atoms with Crippen LogP contribution in [0.5, 0.6) is 11.5 Å². The third kappa shape index (κ3) is 5.44. The molecular weight excluding hydrogens is 550 g/mol. The molecule has 0 saturated heterocycles. The SMILES string of the molecule is COc1ccc(OC)c2sc(N(Cc3ccco3)C(=O)c3ccc(S(=O)(=O)N(C)Cc4ccccc4)cc3)nc12. The number of furan rings is 1. The number of carbonyl (C=O) groups excluding carboxylic acids is 1. The van der Waals surface area contributed by atoms with Gasteiger partial charge in [0.25, 0.3) is 5.91 Å². The number of fused-ring (bicyclic) bond motifs is 1. The first-order valence-electron chi connectivity index (χ1n) is 12.3. The largest absolute Gasteiger partial charge is 0.495 e. The van der Waals surface area contributed by atoms with Gasteiger partial charge in [-0.3, -0.25) is 9.69 Å². The van der Waals surface area contributed by atoms with Gasteiger partial charge in [0.2, 0.25) is 10.0 Å². The van der Waals surface area contributed by atoms with E-state index in [-0.39, 0.29) is 23.9 Å². The first kappa shape index (κ1) is 27.4. The Bertz CT molecular complexity index is 1680. The second-order valence-electron chi connectivity index (χ2n) is 8.89. The normalized spacial score (nSPS) is 11.6. The standard InChI is InChI=1S/C29H27N3O6S2/c1-31(18-20-8-5-4-6-9-20)40(34,35)23-13-11-21(12-14-23)28(33)32(19-22-10-7-17-38-22)29-30-26-24(36-2)15-16-25(37-3)27(26)39-29/h4-17H,18-19H2,1-3H3.